The molecule has 0 radical (unpaired) electrons. The van der Waals surface area contributed by atoms with Crippen LogP contribution in [-0.2, 0) is 15.1 Å². The quantitative estimate of drug-likeness (QED) is 0.386. The summed E-state index contributed by atoms with van der Waals surface area (Å²) in [6.45, 7) is 0.904. The number of hydrogen-bond donors (Lipinski definition) is 1. The fourth-order valence-electron chi connectivity index (χ4n) is 7.67. The molecule has 4 aliphatic rings. The Hall–Kier alpha value is -2.61. The van der Waals surface area contributed by atoms with Gasteiger partial charge in [-0.15, -0.1) is 11.8 Å². The molecule has 4 aliphatic heterocycles. The van der Waals surface area contributed by atoms with E-state index < -0.39 is 11.0 Å². The van der Waals surface area contributed by atoms with Crippen LogP contribution in [0.3, 0.4) is 0 Å². The van der Waals surface area contributed by atoms with Gasteiger partial charge in [0.05, 0.1) is 5.41 Å². The lowest BCUT2D eigenvalue weighted by molar-refractivity contribution is -0.146. The lowest BCUT2D eigenvalue weighted by atomic mass is 9.55. The number of likely N-dealkylation sites (tertiary alicyclic amines) is 1. The van der Waals surface area contributed by atoms with Crippen LogP contribution in [0.5, 0.6) is 0 Å². The Bertz CT molecular complexity index is 1560. The van der Waals surface area contributed by atoms with Gasteiger partial charge in [0.15, 0.2) is 5.78 Å². The van der Waals surface area contributed by atoms with Crippen LogP contribution in [0.25, 0.3) is 6.08 Å². The fraction of sp³-hybridized carbons (Fsp3) is 0.290. The number of benzene rings is 3. The number of piperidine rings is 1. The zero-order valence-electron chi connectivity index (χ0n) is 21.4. The molecule has 3 fully saturated rings. The third kappa shape index (κ3) is 3.36. The standard InChI is InChI=1S/C31H27Cl2N3O2S/c1-35-15-20(14-19-8-2-5-11-23(19)32)28(37)30(17-35)27(21-9-3-6-12-24(21)33)26-16-39-18-36(26)31(30)22-10-4-7-13-25(22)34-29(31)38/h2-14,26-27H,15-18H2,1H3,(H,34,38)/b20-14+/t26-,27+,30-,31-/m0/s1. The summed E-state index contributed by atoms with van der Waals surface area (Å²) >= 11 is 15.3. The molecule has 198 valence electrons. The molecule has 7 rings (SSSR count). The van der Waals surface area contributed by atoms with E-state index in [0.29, 0.717) is 34.6 Å². The Morgan fingerprint density at radius 3 is 2.49 bits per heavy atom. The molecule has 0 unspecified atom stereocenters. The zero-order valence-corrected chi connectivity index (χ0v) is 23.7. The third-order valence-corrected chi connectivity index (χ3v) is 10.7. The van der Waals surface area contributed by atoms with E-state index in [1.54, 1.807) is 0 Å². The van der Waals surface area contributed by atoms with Crippen molar-refractivity contribution in [3.05, 3.63) is 105 Å². The number of rotatable bonds is 2. The number of Topliss-reactive ketones (excluding diaryl/α,β-unsaturated/α-hetero) is 1. The highest BCUT2D eigenvalue weighted by Gasteiger charge is 2.78. The second-order valence-corrected chi connectivity index (χ2v) is 12.7. The molecule has 0 aromatic heterocycles. The predicted molar refractivity (Wildman–Crippen MR) is 158 cm³/mol. The molecule has 5 nitrogen and oxygen atoms in total. The van der Waals surface area contributed by atoms with E-state index >= 15 is 4.79 Å². The number of carbonyl (C=O) groups excluding carboxylic acids is 2. The summed E-state index contributed by atoms with van der Waals surface area (Å²) in [5.41, 5.74) is 1.73. The molecule has 0 aliphatic carbocycles. The second kappa shape index (κ2) is 9.22. The van der Waals surface area contributed by atoms with Crippen molar-refractivity contribution >= 4 is 58.4 Å². The maximum atomic E-state index is 15.3. The van der Waals surface area contributed by atoms with Gasteiger partial charge in [-0.05, 0) is 42.4 Å². The maximum Gasteiger partial charge on any atom is 0.250 e. The van der Waals surface area contributed by atoms with Crippen LogP contribution < -0.4 is 5.32 Å². The number of fused-ring (bicyclic) bond motifs is 5. The molecule has 3 saturated heterocycles. The van der Waals surface area contributed by atoms with Gasteiger partial charge in [-0.3, -0.25) is 14.5 Å². The van der Waals surface area contributed by atoms with Gasteiger partial charge in [-0.25, -0.2) is 0 Å². The van der Waals surface area contributed by atoms with Gasteiger partial charge < -0.3 is 10.2 Å². The number of nitrogens with zero attached hydrogens (tertiary/aromatic N) is 2. The fourth-order valence-corrected chi connectivity index (χ4v) is 9.42. The minimum atomic E-state index is -1.17. The van der Waals surface area contributed by atoms with E-state index in [1.807, 2.05) is 97.7 Å². The van der Waals surface area contributed by atoms with Crippen molar-refractivity contribution in [3.63, 3.8) is 0 Å². The monoisotopic (exact) mass is 575 g/mol. The van der Waals surface area contributed by atoms with Crippen molar-refractivity contribution < 1.29 is 9.59 Å². The molecule has 3 aromatic carbocycles. The summed E-state index contributed by atoms with van der Waals surface area (Å²) in [6.07, 6.45) is 1.91. The summed E-state index contributed by atoms with van der Waals surface area (Å²) in [6, 6.07) is 23.2. The van der Waals surface area contributed by atoms with E-state index in [-0.39, 0.29) is 23.7 Å². The topological polar surface area (TPSA) is 52.7 Å². The third-order valence-electron chi connectivity index (χ3n) is 8.94. The number of amides is 1. The molecule has 4 atom stereocenters. The first kappa shape index (κ1) is 25.4. The van der Waals surface area contributed by atoms with E-state index in [0.717, 1.165) is 28.1 Å². The van der Waals surface area contributed by atoms with E-state index in [2.05, 4.69) is 15.1 Å². The van der Waals surface area contributed by atoms with Crippen molar-refractivity contribution in [1.82, 2.24) is 9.80 Å². The highest BCUT2D eigenvalue weighted by atomic mass is 35.5. The van der Waals surface area contributed by atoms with Crippen LogP contribution in [0.2, 0.25) is 10.0 Å². The Morgan fingerprint density at radius 2 is 1.69 bits per heavy atom. The minimum Gasteiger partial charge on any atom is -0.324 e. The van der Waals surface area contributed by atoms with Gasteiger partial charge in [-0.2, -0.15) is 0 Å². The Labute approximate surface area is 242 Å². The minimum absolute atomic E-state index is 0.00306. The molecule has 1 N–H and O–H groups in total. The van der Waals surface area contributed by atoms with Crippen molar-refractivity contribution in [2.24, 2.45) is 5.41 Å². The highest BCUT2D eigenvalue weighted by molar-refractivity contribution is 7.99. The van der Waals surface area contributed by atoms with Gasteiger partial charge in [0, 0.05) is 63.5 Å². The predicted octanol–water partition coefficient (Wildman–Crippen LogP) is 5.90. The number of hydrogen-bond acceptors (Lipinski definition) is 5. The summed E-state index contributed by atoms with van der Waals surface area (Å²) in [5.74, 6) is 1.05. The summed E-state index contributed by atoms with van der Waals surface area (Å²) in [5, 5.41) is 4.39. The van der Waals surface area contributed by atoms with Crippen LogP contribution in [0.1, 0.15) is 22.6 Å². The molecular weight excluding hydrogens is 549 g/mol. The lowest BCUT2D eigenvalue weighted by Crippen LogP contribution is -2.65. The van der Waals surface area contributed by atoms with Gasteiger partial charge in [0.25, 0.3) is 5.91 Å². The number of para-hydroxylation sites is 1. The maximum absolute atomic E-state index is 15.3. The van der Waals surface area contributed by atoms with Crippen LogP contribution >= 0.6 is 35.0 Å². The molecule has 0 bridgehead atoms. The van der Waals surface area contributed by atoms with E-state index in [4.69, 9.17) is 23.2 Å². The number of likely N-dealkylation sites (N-methyl/N-ethyl adjacent to an activating group) is 1. The summed E-state index contributed by atoms with van der Waals surface area (Å²) in [7, 11) is 2.03. The number of nitrogens with one attached hydrogen (secondary N) is 1. The number of thioether (sulfide) groups is 1. The number of anilines is 1. The van der Waals surface area contributed by atoms with Gasteiger partial charge >= 0.3 is 0 Å². The van der Waals surface area contributed by atoms with Crippen LogP contribution in [-0.4, -0.2) is 59.3 Å². The van der Waals surface area contributed by atoms with Crippen LogP contribution in [0, 0.1) is 5.41 Å². The second-order valence-electron chi connectivity index (χ2n) is 10.9. The number of carbonyl (C=O) groups is 2. The molecule has 0 saturated carbocycles. The average molecular weight is 577 g/mol. The first-order chi connectivity index (χ1) is 18.9. The SMILES string of the molecule is CN1C/C(=C\c2ccccc2Cl)C(=O)[C@]2(C1)[C@H](c1ccccc1Cl)[C@@H]1CSCN1[C@@]21C(=O)Nc2ccccc21. The van der Waals surface area contributed by atoms with E-state index in [9.17, 15) is 4.79 Å². The number of ketones is 1. The molecule has 8 heteroatoms. The van der Waals surface area contributed by atoms with Crippen molar-refractivity contribution in [2.75, 3.05) is 37.1 Å². The summed E-state index contributed by atoms with van der Waals surface area (Å²) < 4.78 is 0. The van der Waals surface area contributed by atoms with Crippen LogP contribution in [0.4, 0.5) is 5.69 Å². The number of halogens is 2. The summed E-state index contributed by atoms with van der Waals surface area (Å²) in [4.78, 5) is 34.2. The highest BCUT2D eigenvalue weighted by Crippen LogP contribution is 2.69. The molecule has 1 amide bonds. The van der Waals surface area contributed by atoms with Crippen LogP contribution in [0.15, 0.2) is 78.4 Å². The molecule has 39 heavy (non-hydrogen) atoms. The van der Waals surface area contributed by atoms with E-state index in [1.165, 1.54) is 0 Å². The Morgan fingerprint density at radius 1 is 0.974 bits per heavy atom. The molecule has 4 heterocycles. The Kier molecular flexibility index (Phi) is 5.99. The van der Waals surface area contributed by atoms with Crippen molar-refractivity contribution in [1.29, 1.82) is 0 Å². The normalized spacial score (nSPS) is 31.3. The smallest absolute Gasteiger partial charge is 0.250 e. The average Bonchev–Trinajstić information content (AvgIpc) is 3.57. The Balaban J connectivity index is 1.55. The molecule has 2 spiro atoms. The molecule has 3 aromatic rings. The zero-order chi connectivity index (χ0) is 26.9. The van der Waals surface area contributed by atoms with Crippen molar-refractivity contribution in [3.8, 4) is 0 Å². The largest absolute Gasteiger partial charge is 0.324 e. The first-order valence-corrected chi connectivity index (χ1v) is 15.0. The van der Waals surface area contributed by atoms with Gasteiger partial charge in [0.2, 0.25) is 0 Å². The van der Waals surface area contributed by atoms with Crippen molar-refractivity contribution in [2.45, 2.75) is 17.5 Å². The molecular formula is C31H27Cl2N3O2S. The van der Waals surface area contributed by atoms with Gasteiger partial charge in [0.1, 0.15) is 5.54 Å². The van der Waals surface area contributed by atoms with Gasteiger partial charge in [-0.1, -0.05) is 77.8 Å². The lowest BCUT2D eigenvalue weighted by Gasteiger charge is -2.51. The first-order valence-electron chi connectivity index (χ1n) is 13.1.